The number of aliphatic hydroxyl groups is 1. The van der Waals surface area contributed by atoms with Crippen LogP contribution in [0.1, 0.15) is 26.1 Å². The average molecular weight is 251 g/mol. The molecule has 0 aliphatic rings. The summed E-state index contributed by atoms with van der Waals surface area (Å²) in [6, 6.07) is 4.03. The van der Waals surface area contributed by atoms with E-state index in [2.05, 4.69) is 10.1 Å². The van der Waals surface area contributed by atoms with E-state index in [4.69, 9.17) is 0 Å². The molecule has 0 saturated heterocycles. The maximum atomic E-state index is 9.73. The Kier molecular flexibility index (Phi) is 3.91. The zero-order valence-corrected chi connectivity index (χ0v) is 10.9. The van der Waals surface area contributed by atoms with E-state index in [1.165, 1.54) is 0 Å². The molecule has 92 valence electrons. The molecule has 5 heteroatoms. The Morgan fingerprint density at radius 1 is 1.47 bits per heavy atom. The maximum absolute atomic E-state index is 9.73. The van der Waals surface area contributed by atoms with Gasteiger partial charge in [-0.15, -0.1) is 11.3 Å². The molecule has 0 fully saturated rings. The van der Waals surface area contributed by atoms with Crippen LogP contribution >= 0.6 is 11.3 Å². The van der Waals surface area contributed by atoms with Crippen LogP contribution in [-0.4, -0.2) is 26.0 Å². The minimum Gasteiger partial charge on any atom is -0.391 e. The Bertz CT molecular complexity index is 464. The summed E-state index contributed by atoms with van der Waals surface area (Å²) in [4.78, 5) is 5.61. The van der Waals surface area contributed by atoms with Gasteiger partial charge >= 0.3 is 0 Å². The zero-order valence-electron chi connectivity index (χ0n) is 10.1. The van der Waals surface area contributed by atoms with E-state index in [1.54, 1.807) is 11.3 Å². The number of rotatable bonds is 5. The summed E-state index contributed by atoms with van der Waals surface area (Å²) in [5.41, 5.74) is 0. The van der Waals surface area contributed by atoms with Crippen molar-refractivity contribution in [3.8, 4) is 10.7 Å². The third kappa shape index (κ3) is 2.73. The topological polar surface area (TPSA) is 50.9 Å². The number of hydrogen-bond donors (Lipinski definition) is 1. The van der Waals surface area contributed by atoms with Crippen LogP contribution in [0.4, 0.5) is 0 Å². The molecule has 0 aliphatic carbocycles. The second-order valence-electron chi connectivity index (χ2n) is 3.93. The molecule has 2 rings (SSSR count). The quantitative estimate of drug-likeness (QED) is 0.887. The van der Waals surface area contributed by atoms with Crippen molar-refractivity contribution in [1.29, 1.82) is 0 Å². The van der Waals surface area contributed by atoms with Crippen LogP contribution in [0.15, 0.2) is 17.5 Å². The number of nitrogens with zero attached hydrogens (tertiary/aromatic N) is 3. The molecule has 0 aliphatic heterocycles. The molecule has 0 bridgehead atoms. The monoisotopic (exact) mass is 251 g/mol. The molecule has 2 heterocycles. The van der Waals surface area contributed by atoms with Crippen LogP contribution in [0, 0.1) is 0 Å². The number of hydrogen-bond acceptors (Lipinski definition) is 4. The van der Waals surface area contributed by atoms with Crippen LogP contribution in [0.3, 0.4) is 0 Å². The van der Waals surface area contributed by atoms with Gasteiger partial charge in [0.2, 0.25) is 0 Å². The first-order chi connectivity index (χ1) is 8.24. The van der Waals surface area contributed by atoms with E-state index < -0.39 is 0 Å². The lowest BCUT2D eigenvalue weighted by atomic mass is 10.3. The van der Waals surface area contributed by atoms with E-state index in [9.17, 15) is 5.11 Å². The van der Waals surface area contributed by atoms with Crippen LogP contribution in [-0.2, 0) is 13.0 Å². The first kappa shape index (κ1) is 12.3. The molecule has 4 nitrogen and oxygen atoms in total. The summed E-state index contributed by atoms with van der Waals surface area (Å²) in [6.07, 6.45) is 1.18. The molecule has 0 amide bonds. The van der Waals surface area contributed by atoms with Gasteiger partial charge in [0, 0.05) is 6.42 Å². The highest BCUT2D eigenvalue weighted by Crippen LogP contribution is 2.23. The van der Waals surface area contributed by atoms with E-state index in [0.717, 1.165) is 29.4 Å². The molecular formula is C12H17N3OS. The molecule has 0 radical (unpaired) electrons. The van der Waals surface area contributed by atoms with Crippen LogP contribution < -0.4 is 0 Å². The summed E-state index contributed by atoms with van der Waals surface area (Å²) in [6.45, 7) is 4.51. The Morgan fingerprint density at radius 3 is 2.88 bits per heavy atom. The van der Waals surface area contributed by atoms with Gasteiger partial charge in [0.1, 0.15) is 0 Å². The fourth-order valence-corrected chi connectivity index (χ4v) is 2.30. The van der Waals surface area contributed by atoms with Gasteiger partial charge in [-0.1, -0.05) is 19.9 Å². The van der Waals surface area contributed by atoms with Gasteiger partial charge in [-0.3, -0.25) is 0 Å². The molecule has 1 atom stereocenters. The molecule has 1 N–H and O–H groups in total. The number of aromatic nitrogens is 3. The van der Waals surface area contributed by atoms with Gasteiger partial charge in [-0.2, -0.15) is 5.10 Å². The van der Waals surface area contributed by atoms with Crippen molar-refractivity contribution in [3.63, 3.8) is 0 Å². The lowest BCUT2D eigenvalue weighted by Gasteiger charge is -2.09. The van der Waals surface area contributed by atoms with Crippen LogP contribution in [0.25, 0.3) is 10.7 Å². The zero-order chi connectivity index (χ0) is 12.3. The van der Waals surface area contributed by atoms with Crippen molar-refractivity contribution in [2.75, 3.05) is 0 Å². The standard InChI is InChI=1S/C12H17N3OS/c1-3-9(16)8-15-12(10-6-5-7-17-10)13-11(4-2)14-15/h5-7,9,16H,3-4,8H2,1-2H3. The Morgan fingerprint density at radius 2 is 2.29 bits per heavy atom. The van der Waals surface area contributed by atoms with Gasteiger partial charge < -0.3 is 5.11 Å². The van der Waals surface area contributed by atoms with Crippen molar-refractivity contribution in [1.82, 2.24) is 14.8 Å². The van der Waals surface area contributed by atoms with Gasteiger partial charge in [0.15, 0.2) is 11.6 Å². The minimum absolute atomic E-state index is 0.361. The summed E-state index contributed by atoms with van der Waals surface area (Å²) in [7, 11) is 0. The molecule has 2 aromatic heterocycles. The Hall–Kier alpha value is -1.20. The second-order valence-corrected chi connectivity index (χ2v) is 4.87. The van der Waals surface area contributed by atoms with Gasteiger partial charge in [-0.05, 0) is 17.9 Å². The predicted molar refractivity (Wildman–Crippen MR) is 69.0 cm³/mol. The van der Waals surface area contributed by atoms with Crippen molar-refractivity contribution >= 4 is 11.3 Å². The molecule has 0 spiro atoms. The SMILES string of the molecule is CCc1nc(-c2cccs2)n(CC(O)CC)n1. The molecule has 1 unspecified atom stereocenters. The van der Waals surface area contributed by atoms with E-state index in [0.29, 0.717) is 6.54 Å². The maximum Gasteiger partial charge on any atom is 0.168 e. The average Bonchev–Trinajstić information content (AvgIpc) is 2.96. The summed E-state index contributed by atoms with van der Waals surface area (Å²) < 4.78 is 1.82. The number of aryl methyl sites for hydroxylation is 1. The normalized spacial score (nSPS) is 12.9. The first-order valence-electron chi connectivity index (χ1n) is 5.90. The third-order valence-electron chi connectivity index (χ3n) is 2.63. The van der Waals surface area contributed by atoms with Crippen LogP contribution in [0.5, 0.6) is 0 Å². The van der Waals surface area contributed by atoms with Gasteiger partial charge in [0.05, 0.1) is 17.5 Å². The van der Waals surface area contributed by atoms with Gasteiger partial charge in [0.25, 0.3) is 0 Å². The van der Waals surface area contributed by atoms with Crippen LogP contribution in [0.2, 0.25) is 0 Å². The Balaban J connectivity index is 2.32. The first-order valence-corrected chi connectivity index (χ1v) is 6.78. The molecule has 0 saturated carbocycles. The third-order valence-corrected chi connectivity index (χ3v) is 3.49. The molecule has 2 aromatic rings. The lowest BCUT2D eigenvalue weighted by Crippen LogP contribution is -2.16. The summed E-state index contributed by atoms with van der Waals surface area (Å²) in [5, 5.41) is 16.2. The van der Waals surface area contributed by atoms with E-state index in [1.807, 2.05) is 36.0 Å². The Labute approximate surface area is 105 Å². The van der Waals surface area contributed by atoms with Crippen molar-refractivity contribution in [3.05, 3.63) is 23.3 Å². The summed E-state index contributed by atoms with van der Waals surface area (Å²) >= 11 is 1.64. The van der Waals surface area contributed by atoms with Gasteiger partial charge in [-0.25, -0.2) is 9.67 Å². The lowest BCUT2D eigenvalue weighted by molar-refractivity contribution is 0.145. The van der Waals surface area contributed by atoms with E-state index in [-0.39, 0.29) is 6.10 Å². The molecular weight excluding hydrogens is 234 g/mol. The fraction of sp³-hybridized carbons (Fsp3) is 0.500. The second kappa shape index (κ2) is 5.42. The van der Waals surface area contributed by atoms with Crippen molar-refractivity contribution in [2.24, 2.45) is 0 Å². The number of aliphatic hydroxyl groups excluding tert-OH is 1. The highest BCUT2D eigenvalue weighted by atomic mass is 32.1. The predicted octanol–water partition coefficient (Wildman–Crippen LogP) is 2.34. The highest BCUT2D eigenvalue weighted by molar-refractivity contribution is 7.13. The van der Waals surface area contributed by atoms with Crippen molar-refractivity contribution < 1.29 is 5.11 Å². The van der Waals surface area contributed by atoms with E-state index >= 15 is 0 Å². The minimum atomic E-state index is -0.361. The fourth-order valence-electron chi connectivity index (χ4n) is 1.58. The number of thiophene rings is 1. The largest absolute Gasteiger partial charge is 0.391 e. The summed E-state index contributed by atoms with van der Waals surface area (Å²) in [5.74, 6) is 1.70. The highest BCUT2D eigenvalue weighted by Gasteiger charge is 2.14. The molecule has 0 aromatic carbocycles. The van der Waals surface area contributed by atoms with Crippen molar-refractivity contribution in [2.45, 2.75) is 39.3 Å². The smallest absolute Gasteiger partial charge is 0.168 e. The molecule has 17 heavy (non-hydrogen) atoms.